The Morgan fingerprint density at radius 2 is 1.35 bits per heavy atom. The van der Waals surface area contributed by atoms with Crippen molar-refractivity contribution >= 4 is 33.7 Å². The summed E-state index contributed by atoms with van der Waals surface area (Å²) < 4.78 is 2.25. The number of benzene rings is 2. The molecule has 0 saturated carbocycles. The van der Waals surface area contributed by atoms with Gasteiger partial charge in [-0.15, -0.1) is 0 Å². The van der Waals surface area contributed by atoms with Crippen molar-refractivity contribution in [1.82, 2.24) is 4.57 Å². The summed E-state index contributed by atoms with van der Waals surface area (Å²) in [4.78, 5) is 22.1. The molecule has 0 bridgehead atoms. The van der Waals surface area contributed by atoms with Crippen molar-refractivity contribution in [2.75, 3.05) is 0 Å². The van der Waals surface area contributed by atoms with Crippen molar-refractivity contribution < 1.29 is 19.8 Å². The number of aliphatic carboxylic acids is 2. The average molecular weight is 353 g/mol. The number of nitrogens with zero attached hydrogens (tertiary/aromatic N) is 1. The minimum Gasteiger partial charge on any atom is -0.481 e. The lowest BCUT2D eigenvalue weighted by molar-refractivity contribution is -0.137. The highest BCUT2D eigenvalue weighted by Crippen LogP contribution is 2.31. The molecule has 136 valence electrons. The molecule has 0 unspecified atom stereocenters. The Balaban J connectivity index is 2.19. The third-order valence-corrected chi connectivity index (χ3v) is 4.63. The number of aromatic nitrogens is 1. The minimum absolute atomic E-state index is 0.0244. The monoisotopic (exact) mass is 353 g/mol. The number of fused-ring (bicyclic) bond motifs is 3. The van der Waals surface area contributed by atoms with E-state index in [2.05, 4.69) is 18.4 Å². The van der Waals surface area contributed by atoms with Crippen LogP contribution in [0.1, 0.15) is 31.4 Å². The van der Waals surface area contributed by atoms with Gasteiger partial charge in [-0.1, -0.05) is 26.0 Å². The maximum Gasteiger partial charge on any atom is 0.307 e. The normalized spacial score (nSPS) is 11.5. The SMILES string of the molecule is CC(C)CCn1c2ccc(CC(=O)O)cc2c2cc(CC(=O)O)ccc21. The second kappa shape index (κ2) is 7.20. The van der Waals surface area contributed by atoms with E-state index in [0.717, 1.165) is 45.9 Å². The molecule has 2 N–H and O–H groups in total. The first kappa shape index (κ1) is 18.0. The fraction of sp³-hybridized carbons (Fsp3) is 0.333. The molecule has 0 radical (unpaired) electrons. The van der Waals surface area contributed by atoms with Crippen LogP contribution in [0.25, 0.3) is 21.8 Å². The summed E-state index contributed by atoms with van der Waals surface area (Å²) in [5, 5.41) is 20.1. The smallest absolute Gasteiger partial charge is 0.307 e. The highest BCUT2D eigenvalue weighted by Gasteiger charge is 2.14. The predicted octanol–water partition coefficient (Wildman–Crippen LogP) is 4.09. The van der Waals surface area contributed by atoms with E-state index in [1.165, 1.54) is 0 Å². The Bertz CT molecular complexity index is 911. The molecule has 26 heavy (non-hydrogen) atoms. The Labute approximate surface area is 151 Å². The maximum absolute atomic E-state index is 11.1. The number of carboxylic acids is 2. The third kappa shape index (κ3) is 3.72. The van der Waals surface area contributed by atoms with Crippen molar-refractivity contribution in [3.8, 4) is 0 Å². The average Bonchev–Trinajstić information content (AvgIpc) is 2.84. The number of carbonyl (C=O) groups is 2. The summed E-state index contributed by atoms with van der Waals surface area (Å²) in [6.07, 6.45) is 0.986. The fourth-order valence-electron chi connectivity index (χ4n) is 3.40. The summed E-state index contributed by atoms with van der Waals surface area (Å²) in [5.74, 6) is -1.15. The van der Waals surface area contributed by atoms with Crippen LogP contribution in [0.15, 0.2) is 36.4 Å². The molecule has 5 nitrogen and oxygen atoms in total. The summed E-state index contributed by atoms with van der Waals surface area (Å²) in [6.45, 7) is 5.24. The topological polar surface area (TPSA) is 79.5 Å². The van der Waals surface area contributed by atoms with Crippen LogP contribution in [0.3, 0.4) is 0 Å². The molecule has 3 aromatic rings. The molecule has 2 aromatic carbocycles. The highest BCUT2D eigenvalue weighted by molar-refractivity contribution is 6.08. The van der Waals surface area contributed by atoms with Crippen molar-refractivity contribution in [2.45, 2.75) is 39.7 Å². The molecular weight excluding hydrogens is 330 g/mol. The van der Waals surface area contributed by atoms with Crippen molar-refractivity contribution in [3.05, 3.63) is 47.5 Å². The maximum atomic E-state index is 11.1. The Morgan fingerprint density at radius 1 is 0.885 bits per heavy atom. The van der Waals surface area contributed by atoms with Gasteiger partial charge in [0.25, 0.3) is 0 Å². The van der Waals surface area contributed by atoms with Gasteiger partial charge < -0.3 is 14.8 Å². The van der Waals surface area contributed by atoms with Crippen molar-refractivity contribution in [3.63, 3.8) is 0 Å². The van der Waals surface area contributed by atoms with Crippen LogP contribution in [-0.4, -0.2) is 26.7 Å². The van der Waals surface area contributed by atoms with Crippen LogP contribution in [0, 0.1) is 5.92 Å². The lowest BCUT2D eigenvalue weighted by Crippen LogP contribution is -2.02. The molecule has 1 aromatic heterocycles. The van der Waals surface area contributed by atoms with Gasteiger partial charge in [0.2, 0.25) is 0 Å². The Kier molecular flexibility index (Phi) is 4.98. The zero-order valence-electron chi connectivity index (χ0n) is 15.0. The van der Waals surface area contributed by atoms with Gasteiger partial charge in [0.05, 0.1) is 12.8 Å². The summed E-state index contributed by atoms with van der Waals surface area (Å²) >= 11 is 0. The largest absolute Gasteiger partial charge is 0.481 e. The van der Waals surface area contributed by atoms with Crippen LogP contribution >= 0.6 is 0 Å². The number of carboxylic acid groups (broad SMARTS) is 2. The van der Waals surface area contributed by atoms with Crippen LogP contribution in [0.5, 0.6) is 0 Å². The van der Waals surface area contributed by atoms with Gasteiger partial charge in [0, 0.05) is 28.4 Å². The lowest BCUT2D eigenvalue weighted by Gasteiger charge is -2.10. The molecule has 0 aliphatic carbocycles. The molecule has 0 fully saturated rings. The highest BCUT2D eigenvalue weighted by atomic mass is 16.4. The van der Waals surface area contributed by atoms with Crippen molar-refractivity contribution in [1.29, 1.82) is 0 Å². The summed E-state index contributed by atoms with van der Waals surface area (Å²) in [6, 6.07) is 11.5. The quantitative estimate of drug-likeness (QED) is 0.670. The summed E-state index contributed by atoms with van der Waals surface area (Å²) in [7, 11) is 0. The molecule has 0 spiro atoms. The molecule has 0 aliphatic heterocycles. The zero-order chi connectivity index (χ0) is 18.8. The second-order valence-corrected chi connectivity index (χ2v) is 7.18. The Hall–Kier alpha value is -2.82. The molecule has 3 rings (SSSR count). The van der Waals surface area contributed by atoms with Gasteiger partial charge in [-0.05, 0) is 47.7 Å². The van der Waals surface area contributed by atoms with Crippen LogP contribution in [0.4, 0.5) is 0 Å². The molecule has 0 aliphatic rings. The first-order chi connectivity index (χ1) is 12.3. The number of rotatable bonds is 7. The molecule has 0 atom stereocenters. The first-order valence-corrected chi connectivity index (χ1v) is 8.82. The van der Waals surface area contributed by atoms with Crippen LogP contribution in [0.2, 0.25) is 0 Å². The van der Waals surface area contributed by atoms with Crippen LogP contribution in [-0.2, 0) is 29.0 Å². The van der Waals surface area contributed by atoms with E-state index in [1.54, 1.807) is 0 Å². The summed E-state index contributed by atoms with van der Waals surface area (Å²) in [5.41, 5.74) is 3.61. The van der Waals surface area contributed by atoms with Gasteiger partial charge in [-0.3, -0.25) is 9.59 Å². The van der Waals surface area contributed by atoms with Crippen LogP contribution < -0.4 is 0 Å². The van der Waals surface area contributed by atoms with E-state index in [4.69, 9.17) is 10.2 Å². The molecule has 5 heteroatoms. The van der Waals surface area contributed by atoms with E-state index >= 15 is 0 Å². The standard InChI is InChI=1S/C21H23NO4/c1-13(2)7-8-22-18-5-3-14(11-20(23)24)9-16(18)17-10-15(12-21(25)26)4-6-19(17)22/h3-6,9-10,13H,7-8,11-12H2,1-2H3,(H,23,24)(H,25,26). The third-order valence-electron chi connectivity index (χ3n) is 4.63. The molecule has 0 amide bonds. The predicted molar refractivity (Wildman–Crippen MR) is 102 cm³/mol. The Morgan fingerprint density at radius 3 is 1.73 bits per heavy atom. The number of hydrogen-bond acceptors (Lipinski definition) is 2. The lowest BCUT2D eigenvalue weighted by atomic mass is 10.0. The van der Waals surface area contributed by atoms with Crippen molar-refractivity contribution in [2.24, 2.45) is 5.92 Å². The number of hydrogen-bond donors (Lipinski definition) is 2. The van der Waals surface area contributed by atoms with Gasteiger partial charge in [0.15, 0.2) is 0 Å². The van der Waals surface area contributed by atoms with E-state index in [1.807, 2.05) is 36.4 Å². The first-order valence-electron chi connectivity index (χ1n) is 8.82. The van der Waals surface area contributed by atoms with Gasteiger partial charge >= 0.3 is 11.9 Å². The number of aryl methyl sites for hydroxylation is 1. The fourth-order valence-corrected chi connectivity index (χ4v) is 3.40. The second-order valence-electron chi connectivity index (χ2n) is 7.18. The van der Waals surface area contributed by atoms with E-state index in [0.29, 0.717) is 5.92 Å². The minimum atomic E-state index is -0.862. The van der Waals surface area contributed by atoms with E-state index in [9.17, 15) is 9.59 Å². The van der Waals surface area contributed by atoms with Gasteiger partial charge in [-0.25, -0.2) is 0 Å². The molecule has 0 saturated heterocycles. The van der Waals surface area contributed by atoms with E-state index < -0.39 is 11.9 Å². The van der Waals surface area contributed by atoms with E-state index in [-0.39, 0.29) is 12.8 Å². The molecular formula is C21H23NO4. The molecule has 1 heterocycles. The zero-order valence-corrected chi connectivity index (χ0v) is 15.0. The van der Waals surface area contributed by atoms with Gasteiger partial charge in [0.1, 0.15) is 0 Å². The van der Waals surface area contributed by atoms with Gasteiger partial charge in [-0.2, -0.15) is 0 Å².